The predicted molar refractivity (Wildman–Crippen MR) is 103 cm³/mol. The van der Waals surface area contributed by atoms with Crippen LogP contribution in [-0.2, 0) is 16.1 Å². The van der Waals surface area contributed by atoms with Gasteiger partial charge in [0.1, 0.15) is 11.6 Å². The molecule has 0 spiro atoms. The van der Waals surface area contributed by atoms with Crippen molar-refractivity contribution in [1.29, 1.82) is 0 Å². The molecule has 6 heteroatoms. The quantitative estimate of drug-likeness (QED) is 0.728. The maximum absolute atomic E-state index is 12.8. The summed E-state index contributed by atoms with van der Waals surface area (Å²) in [7, 11) is 0. The first-order valence-electron chi connectivity index (χ1n) is 9.81. The average Bonchev–Trinajstić information content (AvgIpc) is 2.67. The Balaban J connectivity index is 2.18. The molecule has 1 aliphatic rings. The maximum atomic E-state index is 12.8. The summed E-state index contributed by atoms with van der Waals surface area (Å²) >= 11 is 0. The van der Waals surface area contributed by atoms with E-state index in [2.05, 4.69) is 36.0 Å². The molecule has 0 unspecified atom stereocenters. The van der Waals surface area contributed by atoms with E-state index in [1.165, 1.54) is 0 Å². The molecular formula is C20H33N3O3. The Morgan fingerprint density at radius 2 is 1.88 bits per heavy atom. The lowest BCUT2D eigenvalue weighted by Gasteiger charge is -2.29. The minimum Gasteiger partial charge on any atom is -0.492 e. The van der Waals surface area contributed by atoms with Gasteiger partial charge in [0.05, 0.1) is 26.0 Å². The van der Waals surface area contributed by atoms with Crippen molar-refractivity contribution in [3.63, 3.8) is 0 Å². The van der Waals surface area contributed by atoms with Crippen molar-refractivity contribution in [3.05, 3.63) is 17.8 Å². The van der Waals surface area contributed by atoms with Crippen molar-refractivity contribution in [2.75, 3.05) is 38.2 Å². The molecule has 0 bridgehead atoms. The SMILES string of the molecule is CCOc1cnc(NC(=O)C(CC)(CC)CC)cc1CN1CCOCC1. The monoisotopic (exact) mass is 363 g/mol. The van der Waals surface area contributed by atoms with Gasteiger partial charge in [-0.3, -0.25) is 9.69 Å². The number of pyridine rings is 1. The Morgan fingerprint density at radius 1 is 1.23 bits per heavy atom. The van der Waals surface area contributed by atoms with E-state index in [9.17, 15) is 4.79 Å². The van der Waals surface area contributed by atoms with E-state index in [0.29, 0.717) is 12.4 Å². The highest BCUT2D eigenvalue weighted by atomic mass is 16.5. The lowest BCUT2D eigenvalue weighted by Crippen LogP contribution is -2.36. The van der Waals surface area contributed by atoms with Gasteiger partial charge in [0.15, 0.2) is 0 Å². The molecule has 146 valence electrons. The number of amides is 1. The van der Waals surface area contributed by atoms with Gasteiger partial charge in [0, 0.05) is 30.6 Å². The molecule has 0 aromatic carbocycles. The third-order valence-electron chi connectivity index (χ3n) is 5.50. The van der Waals surface area contributed by atoms with Gasteiger partial charge in [-0.25, -0.2) is 4.98 Å². The number of rotatable bonds is 9. The van der Waals surface area contributed by atoms with Crippen LogP contribution in [0.15, 0.2) is 12.3 Å². The van der Waals surface area contributed by atoms with Gasteiger partial charge >= 0.3 is 0 Å². The molecule has 1 aromatic rings. The van der Waals surface area contributed by atoms with Crippen LogP contribution < -0.4 is 10.1 Å². The number of nitrogens with one attached hydrogen (secondary N) is 1. The molecule has 6 nitrogen and oxygen atoms in total. The number of hydrogen-bond donors (Lipinski definition) is 1. The standard InChI is InChI=1S/C20H33N3O3/c1-5-20(6-2,7-3)19(24)22-18-13-16(17(14-21-18)26-8-4)15-23-9-11-25-12-10-23/h13-14H,5-12,15H2,1-4H3,(H,21,22,24). The summed E-state index contributed by atoms with van der Waals surface area (Å²) in [6.07, 6.45) is 4.19. The van der Waals surface area contributed by atoms with Crippen LogP contribution in [0.1, 0.15) is 52.5 Å². The minimum absolute atomic E-state index is 0.0546. The molecule has 1 saturated heterocycles. The van der Waals surface area contributed by atoms with E-state index < -0.39 is 0 Å². The predicted octanol–water partition coefficient (Wildman–Crippen LogP) is 3.47. The lowest BCUT2D eigenvalue weighted by molar-refractivity contribution is -0.126. The van der Waals surface area contributed by atoms with Crippen molar-refractivity contribution in [2.24, 2.45) is 5.41 Å². The summed E-state index contributed by atoms with van der Waals surface area (Å²) in [4.78, 5) is 19.6. The molecule has 1 N–H and O–H groups in total. The van der Waals surface area contributed by atoms with Crippen LogP contribution in [-0.4, -0.2) is 48.7 Å². The topological polar surface area (TPSA) is 63.7 Å². The van der Waals surface area contributed by atoms with E-state index in [1.807, 2.05) is 13.0 Å². The highest BCUT2D eigenvalue weighted by Crippen LogP contribution is 2.32. The molecule has 0 radical (unpaired) electrons. The molecule has 1 aromatic heterocycles. The van der Waals surface area contributed by atoms with Crippen LogP contribution in [0.3, 0.4) is 0 Å². The highest BCUT2D eigenvalue weighted by Gasteiger charge is 2.33. The maximum Gasteiger partial charge on any atom is 0.231 e. The Hall–Kier alpha value is -1.66. The second kappa shape index (κ2) is 9.88. The first-order chi connectivity index (χ1) is 12.6. The largest absolute Gasteiger partial charge is 0.492 e. The molecule has 0 saturated carbocycles. The van der Waals surface area contributed by atoms with Gasteiger partial charge in [-0.2, -0.15) is 0 Å². The van der Waals surface area contributed by atoms with Crippen molar-refractivity contribution in [2.45, 2.75) is 53.5 Å². The zero-order chi connectivity index (χ0) is 19.0. The van der Waals surface area contributed by atoms with Gasteiger partial charge in [0.2, 0.25) is 5.91 Å². The molecule has 2 heterocycles. The smallest absolute Gasteiger partial charge is 0.231 e. The molecular weight excluding hydrogens is 330 g/mol. The van der Waals surface area contributed by atoms with Crippen LogP contribution in [0.25, 0.3) is 0 Å². The summed E-state index contributed by atoms with van der Waals surface area (Å²) in [5.41, 5.74) is 0.721. The Morgan fingerprint density at radius 3 is 2.46 bits per heavy atom. The van der Waals surface area contributed by atoms with Gasteiger partial charge in [-0.15, -0.1) is 0 Å². The number of ether oxygens (including phenoxy) is 2. The van der Waals surface area contributed by atoms with E-state index in [4.69, 9.17) is 9.47 Å². The van der Waals surface area contributed by atoms with E-state index in [1.54, 1.807) is 6.20 Å². The highest BCUT2D eigenvalue weighted by molar-refractivity contribution is 5.94. The molecule has 0 aliphatic carbocycles. The van der Waals surface area contributed by atoms with Crippen LogP contribution in [0, 0.1) is 5.41 Å². The van der Waals surface area contributed by atoms with Crippen molar-refractivity contribution in [1.82, 2.24) is 9.88 Å². The fourth-order valence-corrected chi connectivity index (χ4v) is 3.44. The number of carbonyl (C=O) groups excluding carboxylic acids is 1. The molecule has 2 rings (SSSR count). The van der Waals surface area contributed by atoms with Crippen molar-refractivity contribution < 1.29 is 14.3 Å². The first-order valence-corrected chi connectivity index (χ1v) is 9.81. The van der Waals surface area contributed by atoms with E-state index in [0.717, 1.165) is 63.4 Å². The van der Waals surface area contributed by atoms with Crippen LogP contribution >= 0.6 is 0 Å². The zero-order valence-electron chi connectivity index (χ0n) is 16.6. The van der Waals surface area contributed by atoms with Gasteiger partial charge < -0.3 is 14.8 Å². The molecule has 1 aliphatic heterocycles. The molecule has 0 atom stereocenters. The third kappa shape index (κ3) is 4.95. The van der Waals surface area contributed by atoms with Crippen LogP contribution in [0.5, 0.6) is 5.75 Å². The Labute approximate surface area is 157 Å². The Bertz CT molecular complexity index is 573. The fourth-order valence-electron chi connectivity index (χ4n) is 3.44. The van der Waals surface area contributed by atoms with Gasteiger partial charge in [-0.1, -0.05) is 20.8 Å². The summed E-state index contributed by atoms with van der Waals surface area (Å²) < 4.78 is 11.2. The summed E-state index contributed by atoms with van der Waals surface area (Å²) in [6.45, 7) is 12.9. The molecule has 26 heavy (non-hydrogen) atoms. The van der Waals surface area contributed by atoms with E-state index in [-0.39, 0.29) is 11.3 Å². The molecule has 1 amide bonds. The van der Waals surface area contributed by atoms with Gasteiger partial charge in [-0.05, 0) is 32.3 Å². The van der Waals surface area contributed by atoms with E-state index >= 15 is 0 Å². The first kappa shape index (κ1) is 20.6. The van der Waals surface area contributed by atoms with Crippen LogP contribution in [0.2, 0.25) is 0 Å². The lowest BCUT2D eigenvalue weighted by atomic mass is 9.79. The number of anilines is 1. The molecule has 1 fully saturated rings. The second-order valence-corrected chi connectivity index (χ2v) is 6.79. The Kier molecular flexibility index (Phi) is 7.85. The second-order valence-electron chi connectivity index (χ2n) is 6.79. The average molecular weight is 364 g/mol. The fraction of sp³-hybridized carbons (Fsp3) is 0.700. The third-order valence-corrected chi connectivity index (χ3v) is 5.50. The number of morpholine rings is 1. The zero-order valence-corrected chi connectivity index (χ0v) is 16.6. The number of carbonyl (C=O) groups is 1. The summed E-state index contributed by atoms with van der Waals surface area (Å²) in [5, 5.41) is 3.03. The van der Waals surface area contributed by atoms with Crippen molar-refractivity contribution in [3.8, 4) is 5.75 Å². The summed E-state index contributed by atoms with van der Waals surface area (Å²) in [6, 6.07) is 1.95. The van der Waals surface area contributed by atoms with Gasteiger partial charge in [0.25, 0.3) is 0 Å². The normalized spacial score (nSPS) is 15.7. The van der Waals surface area contributed by atoms with Crippen molar-refractivity contribution >= 4 is 11.7 Å². The van der Waals surface area contributed by atoms with Crippen LogP contribution in [0.4, 0.5) is 5.82 Å². The summed E-state index contributed by atoms with van der Waals surface area (Å²) in [5.74, 6) is 1.44. The minimum atomic E-state index is -0.329. The number of nitrogens with zero attached hydrogens (tertiary/aromatic N) is 2. The number of aromatic nitrogens is 1. The number of hydrogen-bond acceptors (Lipinski definition) is 5.